The molecule has 0 bridgehead atoms. The SMILES string of the molecule is Cc1ccc(O)c(C)c1.c1ccccc1. The van der Waals surface area contributed by atoms with Crippen LogP contribution < -0.4 is 0 Å². The molecule has 0 unspecified atom stereocenters. The first kappa shape index (κ1) is 11.3. The quantitative estimate of drug-likeness (QED) is 0.687. The maximum atomic E-state index is 9.04. The second-order valence-corrected chi connectivity index (χ2v) is 3.44. The van der Waals surface area contributed by atoms with Crippen molar-refractivity contribution in [2.75, 3.05) is 0 Å². The van der Waals surface area contributed by atoms with E-state index in [1.54, 1.807) is 6.07 Å². The molecule has 1 heteroatoms. The van der Waals surface area contributed by atoms with E-state index >= 15 is 0 Å². The second kappa shape index (κ2) is 5.86. The minimum absolute atomic E-state index is 0.376. The van der Waals surface area contributed by atoms with Crippen LogP contribution in [-0.4, -0.2) is 5.11 Å². The summed E-state index contributed by atoms with van der Waals surface area (Å²) in [6.45, 7) is 3.90. The number of phenols is 1. The number of rotatable bonds is 0. The van der Waals surface area contributed by atoms with Crippen LogP contribution in [-0.2, 0) is 0 Å². The average molecular weight is 200 g/mol. The van der Waals surface area contributed by atoms with Crippen molar-refractivity contribution in [3.63, 3.8) is 0 Å². The summed E-state index contributed by atoms with van der Waals surface area (Å²) in [6.07, 6.45) is 0. The number of hydrogen-bond acceptors (Lipinski definition) is 1. The molecule has 0 saturated carbocycles. The summed E-state index contributed by atoms with van der Waals surface area (Å²) in [5, 5.41) is 9.04. The summed E-state index contributed by atoms with van der Waals surface area (Å²) in [6, 6.07) is 17.6. The van der Waals surface area contributed by atoms with Gasteiger partial charge in [-0.1, -0.05) is 54.1 Å². The predicted molar refractivity (Wildman–Crippen MR) is 64.0 cm³/mol. The lowest BCUT2D eigenvalue weighted by atomic mass is 10.1. The molecular formula is C14H16O. The van der Waals surface area contributed by atoms with Crippen LogP contribution in [0.5, 0.6) is 5.75 Å². The summed E-state index contributed by atoms with van der Waals surface area (Å²) in [5.74, 6) is 0.376. The normalized spacial score (nSPS) is 8.93. The third-order valence-corrected chi connectivity index (χ3v) is 2.02. The van der Waals surface area contributed by atoms with Crippen molar-refractivity contribution in [2.45, 2.75) is 13.8 Å². The van der Waals surface area contributed by atoms with Crippen LogP contribution in [0.25, 0.3) is 0 Å². The standard InChI is InChI=1S/C8H10O.C6H6/c1-6-3-4-8(9)7(2)5-6;1-2-4-6-5-3-1/h3-5,9H,1-2H3;1-6H. The van der Waals surface area contributed by atoms with Gasteiger partial charge in [0.15, 0.2) is 0 Å². The van der Waals surface area contributed by atoms with Gasteiger partial charge in [0.2, 0.25) is 0 Å². The molecule has 0 atom stereocenters. The molecule has 0 amide bonds. The Hall–Kier alpha value is -1.76. The molecule has 0 radical (unpaired) electrons. The van der Waals surface area contributed by atoms with Crippen LogP contribution in [0.15, 0.2) is 54.6 Å². The summed E-state index contributed by atoms with van der Waals surface area (Å²) in [4.78, 5) is 0. The number of benzene rings is 2. The number of phenolic OH excluding ortho intramolecular Hbond substituents is 1. The van der Waals surface area contributed by atoms with Crippen LogP contribution in [0.4, 0.5) is 0 Å². The van der Waals surface area contributed by atoms with Gasteiger partial charge in [0.05, 0.1) is 0 Å². The molecule has 0 saturated heterocycles. The molecule has 0 aliphatic rings. The Morgan fingerprint density at radius 3 is 1.60 bits per heavy atom. The van der Waals surface area contributed by atoms with E-state index in [-0.39, 0.29) is 0 Å². The topological polar surface area (TPSA) is 20.2 Å². The number of aromatic hydroxyl groups is 1. The van der Waals surface area contributed by atoms with Crippen LogP contribution >= 0.6 is 0 Å². The minimum Gasteiger partial charge on any atom is -0.508 e. The highest BCUT2D eigenvalue weighted by Gasteiger charge is 1.91. The molecule has 0 aliphatic heterocycles. The summed E-state index contributed by atoms with van der Waals surface area (Å²) < 4.78 is 0. The third kappa shape index (κ3) is 4.32. The number of aryl methyl sites for hydroxylation is 2. The second-order valence-electron chi connectivity index (χ2n) is 3.44. The Balaban J connectivity index is 0.000000162. The summed E-state index contributed by atoms with van der Waals surface area (Å²) >= 11 is 0. The van der Waals surface area contributed by atoms with Gasteiger partial charge in [-0.2, -0.15) is 0 Å². The Kier molecular flexibility index (Phi) is 4.42. The lowest BCUT2D eigenvalue weighted by Crippen LogP contribution is -1.75. The Bertz CT molecular complexity index is 367. The molecule has 0 aliphatic carbocycles. The highest BCUT2D eigenvalue weighted by atomic mass is 16.3. The van der Waals surface area contributed by atoms with Crippen molar-refractivity contribution in [3.8, 4) is 5.75 Å². The van der Waals surface area contributed by atoms with Gasteiger partial charge in [-0.25, -0.2) is 0 Å². The zero-order chi connectivity index (χ0) is 11.1. The highest BCUT2D eigenvalue weighted by molar-refractivity contribution is 5.34. The first-order valence-electron chi connectivity index (χ1n) is 4.96. The largest absolute Gasteiger partial charge is 0.508 e. The fourth-order valence-corrected chi connectivity index (χ4v) is 1.19. The molecule has 2 rings (SSSR count). The summed E-state index contributed by atoms with van der Waals surface area (Å²) in [7, 11) is 0. The van der Waals surface area contributed by atoms with Gasteiger partial charge < -0.3 is 5.11 Å². The molecule has 15 heavy (non-hydrogen) atoms. The van der Waals surface area contributed by atoms with Crippen molar-refractivity contribution in [1.82, 2.24) is 0 Å². The smallest absolute Gasteiger partial charge is 0.118 e. The van der Waals surface area contributed by atoms with Crippen LogP contribution in [0.2, 0.25) is 0 Å². The van der Waals surface area contributed by atoms with Crippen molar-refractivity contribution in [3.05, 3.63) is 65.7 Å². The van der Waals surface area contributed by atoms with E-state index in [0.717, 1.165) is 5.56 Å². The van der Waals surface area contributed by atoms with Gasteiger partial charge in [0, 0.05) is 0 Å². The average Bonchev–Trinajstić information content (AvgIpc) is 2.27. The Morgan fingerprint density at radius 2 is 1.27 bits per heavy atom. The van der Waals surface area contributed by atoms with Crippen molar-refractivity contribution >= 4 is 0 Å². The van der Waals surface area contributed by atoms with Crippen LogP contribution in [0.3, 0.4) is 0 Å². The molecule has 0 aromatic heterocycles. The van der Waals surface area contributed by atoms with Crippen LogP contribution in [0.1, 0.15) is 11.1 Å². The van der Waals surface area contributed by atoms with Gasteiger partial charge in [-0.05, 0) is 25.5 Å². The molecule has 1 nitrogen and oxygen atoms in total. The number of hydrogen-bond donors (Lipinski definition) is 1. The van der Waals surface area contributed by atoms with E-state index in [2.05, 4.69) is 0 Å². The zero-order valence-electron chi connectivity index (χ0n) is 9.14. The van der Waals surface area contributed by atoms with E-state index in [4.69, 9.17) is 5.11 Å². The molecule has 0 heterocycles. The fourth-order valence-electron chi connectivity index (χ4n) is 1.19. The van der Waals surface area contributed by atoms with E-state index in [0.29, 0.717) is 5.75 Å². The van der Waals surface area contributed by atoms with Crippen molar-refractivity contribution < 1.29 is 5.11 Å². The van der Waals surface area contributed by atoms with Crippen molar-refractivity contribution in [1.29, 1.82) is 0 Å². The third-order valence-electron chi connectivity index (χ3n) is 2.02. The Morgan fingerprint density at radius 1 is 0.800 bits per heavy atom. The Labute approximate surface area is 91.0 Å². The molecule has 2 aromatic carbocycles. The maximum absolute atomic E-state index is 9.04. The molecule has 78 valence electrons. The minimum atomic E-state index is 0.376. The van der Waals surface area contributed by atoms with Gasteiger partial charge >= 0.3 is 0 Å². The molecule has 0 fully saturated rings. The molecule has 0 spiro atoms. The first-order valence-corrected chi connectivity index (χ1v) is 4.96. The lowest BCUT2D eigenvalue weighted by Gasteiger charge is -1.97. The van der Waals surface area contributed by atoms with Gasteiger partial charge in [-0.3, -0.25) is 0 Å². The highest BCUT2D eigenvalue weighted by Crippen LogP contribution is 2.15. The monoisotopic (exact) mass is 200 g/mol. The van der Waals surface area contributed by atoms with Gasteiger partial charge in [0.25, 0.3) is 0 Å². The van der Waals surface area contributed by atoms with Crippen molar-refractivity contribution in [2.24, 2.45) is 0 Å². The van der Waals surface area contributed by atoms with Crippen LogP contribution in [0, 0.1) is 13.8 Å². The van der Waals surface area contributed by atoms with E-state index in [9.17, 15) is 0 Å². The van der Waals surface area contributed by atoms with E-state index in [1.165, 1.54) is 5.56 Å². The molecular weight excluding hydrogens is 184 g/mol. The predicted octanol–water partition coefficient (Wildman–Crippen LogP) is 3.70. The fraction of sp³-hybridized carbons (Fsp3) is 0.143. The van der Waals surface area contributed by atoms with E-state index in [1.807, 2.05) is 62.4 Å². The zero-order valence-corrected chi connectivity index (χ0v) is 9.14. The maximum Gasteiger partial charge on any atom is 0.118 e. The lowest BCUT2D eigenvalue weighted by molar-refractivity contribution is 0.471. The molecule has 2 aromatic rings. The summed E-state index contributed by atoms with van der Waals surface area (Å²) in [5.41, 5.74) is 2.13. The van der Waals surface area contributed by atoms with Gasteiger partial charge in [0.1, 0.15) is 5.75 Å². The molecule has 1 N–H and O–H groups in total. The van der Waals surface area contributed by atoms with E-state index < -0.39 is 0 Å². The first-order chi connectivity index (χ1) is 7.20. The van der Waals surface area contributed by atoms with Gasteiger partial charge in [-0.15, -0.1) is 0 Å².